The molecule has 2 heterocycles. The molecule has 3 aromatic rings. The molecule has 0 spiro atoms. The molecule has 1 N–H and O–H groups in total. The Morgan fingerprint density at radius 3 is 2.56 bits per heavy atom. The first kappa shape index (κ1) is 23.5. The molecular weight excluding hydrogens is 474 g/mol. The van der Waals surface area contributed by atoms with Gasteiger partial charge in [-0.3, -0.25) is 9.59 Å². The number of pyridine rings is 2. The van der Waals surface area contributed by atoms with E-state index in [0.29, 0.717) is 49.8 Å². The Balaban J connectivity index is 1.66. The molecule has 0 aliphatic heterocycles. The minimum atomic E-state index is -1.000. The van der Waals surface area contributed by atoms with E-state index in [1.165, 1.54) is 24.6 Å². The number of aromatic nitrogens is 2. The molecule has 0 atom stereocenters. The van der Waals surface area contributed by atoms with Crippen molar-refractivity contribution in [1.29, 1.82) is 0 Å². The van der Waals surface area contributed by atoms with Gasteiger partial charge in [-0.2, -0.15) is 0 Å². The molecule has 0 radical (unpaired) electrons. The van der Waals surface area contributed by atoms with Crippen LogP contribution < -0.4 is 10.3 Å². The highest BCUT2D eigenvalue weighted by molar-refractivity contribution is 7.99. The lowest BCUT2D eigenvalue weighted by molar-refractivity contribution is -0.137. The molecule has 34 heavy (non-hydrogen) atoms. The van der Waals surface area contributed by atoms with Gasteiger partial charge >= 0.3 is 5.97 Å². The highest BCUT2D eigenvalue weighted by Gasteiger charge is 2.33. The van der Waals surface area contributed by atoms with Crippen molar-refractivity contribution in [3.05, 3.63) is 39.5 Å². The summed E-state index contributed by atoms with van der Waals surface area (Å²) in [6.07, 6.45) is 6.72. The fourth-order valence-corrected chi connectivity index (χ4v) is 5.99. The highest BCUT2D eigenvalue weighted by atomic mass is 35.5. The van der Waals surface area contributed by atoms with Crippen molar-refractivity contribution in [2.45, 2.75) is 43.2 Å². The summed E-state index contributed by atoms with van der Waals surface area (Å²) in [7, 11) is 1.76. The number of hydrogen-bond donors (Lipinski definition) is 1. The molecule has 2 saturated carbocycles. The third kappa shape index (κ3) is 4.39. The number of carbonyl (C=O) groups is 1. The number of carboxylic acid groups (broad SMARTS) is 1. The largest absolute Gasteiger partial charge is 0.480 e. The smallest absolute Gasteiger partial charge is 0.323 e. The van der Waals surface area contributed by atoms with E-state index in [9.17, 15) is 14.7 Å². The van der Waals surface area contributed by atoms with Crippen LogP contribution in [0.1, 0.15) is 25.7 Å². The molecule has 2 fully saturated rings. The summed E-state index contributed by atoms with van der Waals surface area (Å²) in [6.45, 7) is 1.50. The fourth-order valence-electron chi connectivity index (χ4n) is 4.93. The second-order valence-electron chi connectivity index (χ2n) is 9.37. The minimum absolute atomic E-state index is 0.159. The molecule has 180 valence electrons. The van der Waals surface area contributed by atoms with Crippen LogP contribution in [0.25, 0.3) is 21.9 Å². The number of anilines is 1. The SMILES string of the molecule is COC1CC(CN(CC2CC2)c2ccc3c(=O)c4ccc(Cl)c(SC)c4n(CC(=O)O)c3n2)C1. The number of carboxylic acids is 1. The maximum absolute atomic E-state index is 13.4. The Morgan fingerprint density at radius 1 is 1.21 bits per heavy atom. The monoisotopic (exact) mass is 501 g/mol. The zero-order chi connectivity index (χ0) is 24.0. The molecule has 1 aromatic carbocycles. The van der Waals surface area contributed by atoms with Crippen LogP contribution in [0.2, 0.25) is 5.02 Å². The Kier molecular flexibility index (Phi) is 6.48. The van der Waals surface area contributed by atoms with E-state index in [4.69, 9.17) is 21.3 Å². The zero-order valence-corrected chi connectivity index (χ0v) is 20.9. The second kappa shape index (κ2) is 9.40. The number of benzene rings is 1. The van der Waals surface area contributed by atoms with Gasteiger partial charge in [0.1, 0.15) is 18.0 Å². The lowest BCUT2D eigenvalue weighted by Crippen LogP contribution is -2.40. The first-order valence-electron chi connectivity index (χ1n) is 11.6. The van der Waals surface area contributed by atoms with Gasteiger partial charge < -0.3 is 19.3 Å². The second-order valence-corrected chi connectivity index (χ2v) is 10.6. The normalized spacial score (nSPS) is 20.0. The number of aliphatic carboxylic acids is 1. The zero-order valence-electron chi connectivity index (χ0n) is 19.3. The molecule has 0 saturated heterocycles. The van der Waals surface area contributed by atoms with Crippen LogP contribution in [-0.4, -0.2) is 53.2 Å². The van der Waals surface area contributed by atoms with Gasteiger partial charge in [0.2, 0.25) is 0 Å². The van der Waals surface area contributed by atoms with Gasteiger partial charge in [0.15, 0.2) is 5.43 Å². The van der Waals surface area contributed by atoms with E-state index in [2.05, 4.69) is 4.90 Å². The standard InChI is InChI=1S/C25H28ClN3O4S/c1-33-16-9-15(10-16)12-28(11-14-3-4-14)20-8-6-18-23(32)17-5-7-19(26)24(34-2)22(17)29(13-21(30)31)25(18)27-20/h5-8,14-16H,3-4,9-13H2,1-2H3,(H,30,31). The number of rotatable bonds is 9. The van der Waals surface area contributed by atoms with E-state index in [1.54, 1.807) is 29.9 Å². The topological polar surface area (TPSA) is 84.7 Å². The number of halogens is 1. The van der Waals surface area contributed by atoms with Gasteiger partial charge in [-0.25, -0.2) is 4.98 Å². The van der Waals surface area contributed by atoms with Gasteiger partial charge in [-0.1, -0.05) is 11.6 Å². The van der Waals surface area contributed by atoms with E-state index in [1.807, 2.05) is 12.3 Å². The maximum Gasteiger partial charge on any atom is 0.323 e. The average molecular weight is 502 g/mol. The lowest BCUT2D eigenvalue weighted by Gasteiger charge is -2.38. The quantitative estimate of drug-likeness (QED) is 0.337. The summed E-state index contributed by atoms with van der Waals surface area (Å²) in [5, 5.41) is 11.1. The van der Waals surface area contributed by atoms with Crippen LogP contribution >= 0.6 is 23.4 Å². The van der Waals surface area contributed by atoms with E-state index >= 15 is 0 Å². The molecule has 2 aromatic heterocycles. The van der Waals surface area contributed by atoms with E-state index in [0.717, 1.165) is 31.7 Å². The van der Waals surface area contributed by atoms with Crippen LogP contribution in [0.5, 0.6) is 0 Å². The molecule has 2 aliphatic carbocycles. The minimum Gasteiger partial charge on any atom is -0.480 e. The van der Waals surface area contributed by atoms with Crippen molar-refractivity contribution in [1.82, 2.24) is 9.55 Å². The van der Waals surface area contributed by atoms with Crippen molar-refractivity contribution < 1.29 is 14.6 Å². The third-order valence-electron chi connectivity index (χ3n) is 6.96. The lowest BCUT2D eigenvalue weighted by atomic mass is 9.82. The van der Waals surface area contributed by atoms with Crippen molar-refractivity contribution >= 4 is 57.1 Å². The highest BCUT2D eigenvalue weighted by Crippen LogP contribution is 2.37. The predicted octanol–water partition coefficient (Wildman–Crippen LogP) is 4.65. The molecule has 9 heteroatoms. The number of methoxy groups -OCH3 is 1. The summed E-state index contributed by atoms with van der Waals surface area (Å²) >= 11 is 7.84. The van der Waals surface area contributed by atoms with E-state index in [-0.39, 0.29) is 12.0 Å². The average Bonchev–Trinajstić information content (AvgIpc) is 3.61. The van der Waals surface area contributed by atoms with Gasteiger partial charge in [-0.05, 0) is 68.0 Å². The van der Waals surface area contributed by atoms with Crippen molar-refractivity contribution in [2.75, 3.05) is 31.4 Å². The molecule has 0 unspecified atom stereocenters. The van der Waals surface area contributed by atoms with Crippen LogP contribution in [0.4, 0.5) is 5.82 Å². The Labute approximate surface area is 207 Å². The number of fused-ring (bicyclic) bond motifs is 2. The molecule has 0 amide bonds. The van der Waals surface area contributed by atoms with Crippen LogP contribution in [0.15, 0.2) is 34.0 Å². The Hall–Kier alpha value is -2.29. The number of thioether (sulfide) groups is 1. The van der Waals surface area contributed by atoms with Gasteiger partial charge in [-0.15, -0.1) is 11.8 Å². The molecular formula is C25H28ClN3O4S. The van der Waals surface area contributed by atoms with Crippen LogP contribution in [0, 0.1) is 11.8 Å². The van der Waals surface area contributed by atoms with Crippen LogP contribution in [0.3, 0.4) is 0 Å². The molecule has 0 bridgehead atoms. The van der Waals surface area contributed by atoms with E-state index < -0.39 is 5.97 Å². The molecule has 2 aliphatic rings. The summed E-state index contributed by atoms with van der Waals surface area (Å²) in [5.74, 6) is 0.989. The van der Waals surface area contributed by atoms with Gasteiger partial charge in [0, 0.05) is 25.6 Å². The third-order valence-corrected chi connectivity index (χ3v) is 8.21. The summed E-state index contributed by atoms with van der Waals surface area (Å²) < 4.78 is 7.09. The van der Waals surface area contributed by atoms with Gasteiger partial charge in [0.05, 0.1) is 26.9 Å². The fraction of sp³-hybridized carbons (Fsp3) is 0.480. The molecule has 7 nitrogen and oxygen atoms in total. The predicted molar refractivity (Wildman–Crippen MR) is 136 cm³/mol. The van der Waals surface area contributed by atoms with Crippen molar-refractivity contribution in [2.24, 2.45) is 11.8 Å². The number of nitrogens with zero attached hydrogens (tertiary/aromatic N) is 3. The first-order valence-corrected chi connectivity index (χ1v) is 13.2. The van der Waals surface area contributed by atoms with Crippen molar-refractivity contribution in [3.63, 3.8) is 0 Å². The Morgan fingerprint density at radius 2 is 1.91 bits per heavy atom. The maximum atomic E-state index is 13.4. The Bertz CT molecular complexity index is 1320. The van der Waals surface area contributed by atoms with Crippen molar-refractivity contribution in [3.8, 4) is 0 Å². The first-order chi connectivity index (χ1) is 16.4. The van der Waals surface area contributed by atoms with Gasteiger partial charge in [0.25, 0.3) is 0 Å². The number of hydrogen-bond acceptors (Lipinski definition) is 6. The summed E-state index contributed by atoms with van der Waals surface area (Å²) in [4.78, 5) is 33.2. The van der Waals surface area contributed by atoms with Crippen LogP contribution in [-0.2, 0) is 16.1 Å². The summed E-state index contributed by atoms with van der Waals surface area (Å²) in [6, 6.07) is 7.07. The number of ether oxygens (including phenoxy) is 1. The summed E-state index contributed by atoms with van der Waals surface area (Å²) in [5.41, 5.74) is 0.757. The molecule has 5 rings (SSSR count).